The smallest absolute Gasteiger partial charge is 0.263 e. The summed E-state index contributed by atoms with van der Waals surface area (Å²) in [5.74, 6) is -0.251. The summed E-state index contributed by atoms with van der Waals surface area (Å²) in [7, 11) is 1.72. The van der Waals surface area contributed by atoms with Crippen LogP contribution in [0.5, 0.6) is 0 Å². The molecule has 0 radical (unpaired) electrons. The molecule has 1 aliphatic rings. The molecule has 1 aromatic heterocycles. The molecule has 25 heavy (non-hydrogen) atoms. The van der Waals surface area contributed by atoms with E-state index in [1.807, 2.05) is 31.2 Å². The molecule has 132 valence electrons. The van der Waals surface area contributed by atoms with E-state index < -0.39 is 0 Å². The van der Waals surface area contributed by atoms with Crippen LogP contribution in [0.25, 0.3) is 0 Å². The van der Waals surface area contributed by atoms with Gasteiger partial charge in [0, 0.05) is 26.4 Å². The first-order valence-corrected chi connectivity index (χ1v) is 8.66. The number of carbonyl (C=O) groups is 1. The highest BCUT2D eigenvalue weighted by atomic mass is 16.5. The fourth-order valence-corrected chi connectivity index (χ4v) is 3.21. The van der Waals surface area contributed by atoms with Gasteiger partial charge in [0.25, 0.3) is 11.5 Å². The predicted molar refractivity (Wildman–Crippen MR) is 96.9 cm³/mol. The average molecular weight is 340 g/mol. The standard InChI is InChI=1S/C20H24N2O3/c1-15-6-3-7-16(12-15)13-22-10-4-9-18(20(22)24)19(23)21(2)14-17-8-5-11-25-17/h3-4,6-7,9-10,12,17H,5,8,11,13-14H2,1-2H3/t17-/m1/s1. The van der Waals surface area contributed by atoms with Crippen LogP contribution in [-0.2, 0) is 11.3 Å². The van der Waals surface area contributed by atoms with E-state index in [2.05, 4.69) is 0 Å². The third-order valence-electron chi connectivity index (χ3n) is 4.53. The van der Waals surface area contributed by atoms with Gasteiger partial charge < -0.3 is 14.2 Å². The maximum Gasteiger partial charge on any atom is 0.263 e. The quantitative estimate of drug-likeness (QED) is 0.840. The predicted octanol–water partition coefficient (Wildman–Crippen LogP) is 2.46. The topological polar surface area (TPSA) is 51.5 Å². The molecular formula is C20H24N2O3. The summed E-state index contributed by atoms with van der Waals surface area (Å²) >= 11 is 0. The number of aryl methyl sites for hydroxylation is 1. The SMILES string of the molecule is Cc1cccc(Cn2cccc(C(=O)N(C)C[C@H]3CCCO3)c2=O)c1. The zero-order valence-electron chi connectivity index (χ0n) is 14.8. The summed E-state index contributed by atoms with van der Waals surface area (Å²) in [5, 5.41) is 0. The molecule has 3 rings (SSSR count). The molecule has 1 fully saturated rings. The van der Waals surface area contributed by atoms with Crippen LogP contribution >= 0.6 is 0 Å². The average Bonchev–Trinajstić information content (AvgIpc) is 3.09. The molecule has 1 aromatic carbocycles. The molecule has 0 unspecified atom stereocenters. The minimum Gasteiger partial charge on any atom is -0.376 e. The summed E-state index contributed by atoms with van der Waals surface area (Å²) in [4.78, 5) is 27.0. The zero-order chi connectivity index (χ0) is 17.8. The maximum atomic E-state index is 12.7. The van der Waals surface area contributed by atoms with Crippen LogP contribution in [-0.4, -0.2) is 41.7 Å². The molecule has 1 amide bonds. The fourth-order valence-electron chi connectivity index (χ4n) is 3.21. The van der Waals surface area contributed by atoms with E-state index in [0.717, 1.165) is 30.6 Å². The van der Waals surface area contributed by atoms with Crippen LogP contribution in [0.15, 0.2) is 47.4 Å². The summed E-state index contributed by atoms with van der Waals surface area (Å²) in [5.41, 5.74) is 2.14. The molecule has 0 saturated carbocycles. The number of likely N-dealkylation sites (N-methyl/N-ethyl adjacent to an activating group) is 1. The van der Waals surface area contributed by atoms with Crippen molar-refractivity contribution in [1.29, 1.82) is 0 Å². The maximum absolute atomic E-state index is 12.7. The molecule has 0 bridgehead atoms. The number of pyridine rings is 1. The summed E-state index contributed by atoms with van der Waals surface area (Å²) < 4.78 is 7.16. The van der Waals surface area contributed by atoms with Gasteiger partial charge in [-0.3, -0.25) is 9.59 Å². The number of hydrogen-bond donors (Lipinski definition) is 0. The van der Waals surface area contributed by atoms with E-state index in [1.54, 1.807) is 34.8 Å². The molecule has 2 heterocycles. The van der Waals surface area contributed by atoms with Crippen LogP contribution in [0, 0.1) is 6.92 Å². The first kappa shape index (κ1) is 17.4. The van der Waals surface area contributed by atoms with Crippen LogP contribution in [0.1, 0.15) is 34.3 Å². The van der Waals surface area contributed by atoms with Crippen molar-refractivity contribution in [2.24, 2.45) is 0 Å². The van der Waals surface area contributed by atoms with Gasteiger partial charge in [-0.25, -0.2) is 0 Å². The summed E-state index contributed by atoms with van der Waals surface area (Å²) in [6.07, 6.45) is 3.79. The van der Waals surface area contributed by atoms with Crippen LogP contribution < -0.4 is 5.56 Å². The highest BCUT2D eigenvalue weighted by Gasteiger charge is 2.22. The lowest BCUT2D eigenvalue weighted by Crippen LogP contribution is -2.38. The molecule has 2 aromatic rings. The van der Waals surface area contributed by atoms with Crippen molar-refractivity contribution in [3.63, 3.8) is 0 Å². The lowest BCUT2D eigenvalue weighted by atomic mass is 10.1. The number of nitrogens with zero attached hydrogens (tertiary/aromatic N) is 2. The Kier molecular flexibility index (Phi) is 5.34. The monoisotopic (exact) mass is 340 g/mol. The number of benzene rings is 1. The van der Waals surface area contributed by atoms with Crippen molar-refractivity contribution in [1.82, 2.24) is 9.47 Å². The minimum atomic E-state index is -0.256. The van der Waals surface area contributed by atoms with Crippen molar-refractivity contribution < 1.29 is 9.53 Å². The highest BCUT2D eigenvalue weighted by Crippen LogP contribution is 2.13. The van der Waals surface area contributed by atoms with Gasteiger partial charge in [0.15, 0.2) is 0 Å². The van der Waals surface area contributed by atoms with Gasteiger partial charge in [-0.05, 0) is 37.5 Å². The second-order valence-electron chi connectivity index (χ2n) is 6.66. The number of ether oxygens (including phenoxy) is 1. The van der Waals surface area contributed by atoms with Crippen LogP contribution in [0.4, 0.5) is 0 Å². The lowest BCUT2D eigenvalue weighted by molar-refractivity contribution is 0.0585. The van der Waals surface area contributed by atoms with E-state index in [-0.39, 0.29) is 23.1 Å². The Morgan fingerprint density at radius 2 is 2.16 bits per heavy atom. The van der Waals surface area contributed by atoms with Crippen molar-refractivity contribution >= 4 is 5.91 Å². The molecule has 1 saturated heterocycles. The minimum absolute atomic E-state index is 0.0761. The Hall–Kier alpha value is -2.40. The molecule has 1 atom stereocenters. The van der Waals surface area contributed by atoms with Gasteiger partial charge in [0.1, 0.15) is 5.56 Å². The number of hydrogen-bond acceptors (Lipinski definition) is 3. The molecule has 0 spiro atoms. The number of carbonyl (C=O) groups excluding carboxylic acids is 1. The first-order valence-electron chi connectivity index (χ1n) is 8.66. The summed E-state index contributed by atoms with van der Waals surface area (Å²) in [6, 6.07) is 11.4. The normalized spacial score (nSPS) is 16.8. The van der Waals surface area contributed by atoms with E-state index in [1.165, 1.54) is 0 Å². The number of aromatic nitrogens is 1. The third kappa shape index (κ3) is 4.17. The molecular weight excluding hydrogens is 316 g/mol. The Morgan fingerprint density at radius 1 is 1.32 bits per heavy atom. The molecule has 5 heteroatoms. The third-order valence-corrected chi connectivity index (χ3v) is 4.53. The second-order valence-corrected chi connectivity index (χ2v) is 6.66. The van der Waals surface area contributed by atoms with E-state index in [9.17, 15) is 9.59 Å². The van der Waals surface area contributed by atoms with E-state index in [4.69, 9.17) is 4.74 Å². The largest absolute Gasteiger partial charge is 0.376 e. The highest BCUT2D eigenvalue weighted by molar-refractivity contribution is 5.93. The molecule has 0 N–H and O–H groups in total. The molecule has 5 nitrogen and oxygen atoms in total. The van der Waals surface area contributed by atoms with E-state index >= 15 is 0 Å². The van der Waals surface area contributed by atoms with Crippen molar-refractivity contribution in [3.05, 3.63) is 69.6 Å². The zero-order valence-corrected chi connectivity index (χ0v) is 14.8. The number of rotatable bonds is 5. The Morgan fingerprint density at radius 3 is 2.88 bits per heavy atom. The number of amides is 1. The first-order chi connectivity index (χ1) is 12.0. The van der Waals surface area contributed by atoms with Gasteiger partial charge in [-0.1, -0.05) is 29.8 Å². The van der Waals surface area contributed by atoms with Crippen LogP contribution in [0.3, 0.4) is 0 Å². The van der Waals surface area contributed by atoms with Gasteiger partial charge in [-0.15, -0.1) is 0 Å². The fraction of sp³-hybridized carbons (Fsp3) is 0.400. The summed E-state index contributed by atoms with van der Waals surface area (Å²) in [6.45, 7) is 3.75. The Labute approximate surface area is 147 Å². The van der Waals surface area contributed by atoms with Crippen molar-refractivity contribution in [2.75, 3.05) is 20.2 Å². The molecule has 0 aliphatic carbocycles. The lowest BCUT2D eigenvalue weighted by Gasteiger charge is -2.21. The Bertz CT molecular complexity index is 807. The van der Waals surface area contributed by atoms with Gasteiger partial charge in [-0.2, -0.15) is 0 Å². The van der Waals surface area contributed by atoms with Gasteiger partial charge >= 0.3 is 0 Å². The second kappa shape index (κ2) is 7.66. The Balaban J connectivity index is 1.78. The van der Waals surface area contributed by atoms with Crippen LogP contribution in [0.2, 0.25) is 0 Å². The molecule has 1 aliphatic heterocycles. The van der Waals surface area contributed by atoms with Gasteiger partial charge in [0.2, 0.25) is 0 Å². The van der Waals surface area contributed by atoms with Crippen molar-refractivity contribution in [3.8, 4) is 0 Å². The van der Waals surface area contributed by atoms with E-state index in [0.29, 0.717) is 13.1 Å². The van der Waals surface area contributed by atoms with Crippen molar-refractivity contribution in [2.45, 2.75) is 32.4 Å². The van der Waals surface area contributed by atoms with Gasteiger partial charge in [0.05, 0.1) is 12.6 Å².